The zero-order chi connectivity index (χ0) is 42.7. The van der Waals surface area contributed by atoms with Gasteiger partial charge in [0.15, 0.2) is 17.5 Å². The van der Waals surface area contributed by atoms with Crippen molar-refractivity contribution in [3.8, 4) is 0 Å². The zero-order valence-corrected chi connectivity index (χ0v) is 33.9. The second kappa shape index (κ2) is 15.2. The number of ketones is 1. The number of hydrogen-bond donors (Lipinski definition) is 5. The molecule has 2 aromatic carbocycles. The molecule has 2 bridgehead atoms. The highest BCUT2D eigenvalue weighted by atomic mass is 16.6. The van der Waals surface area contributed by atoms with Gasteiger partial charge in [-0.15, -0.1) is 0 Å². The van der Waals surface area contributed by atoms with Gasteiger partial charge in [-0.2, -0.15) is 0 Å². The monoisotopic (exact) mass is 807 g/mol. The minimum absolute atomic E-state index is 0.0637. The molecule has 2 saturated carbocycles. The normalized spacial score (nSPS) is 33.7. The quantitative estimate of drug-likeness (QED) is 0.147. The Morgan fingerprint density at radius 3 is 2.10 bits per heavy atom. The van der Waals surface area contributed by atoms with E-state index >= 15 is 0 Å². The van der Waals surface area contributed by atoms with Crippen LogP contribution in [0.3, 0.4) is 0 Å². The van der Waals surface area contributed by atoms with E-state index in [1.807, 2.05) is 0 Å². The maximum atomic E-state index is 14.9. The fraction of sp³-hybridized carbons (Fsp3) is 0.558. The zero-order valence-electron chi connectivity index (χ0n) is 33.9. The van der Waals surface area contributed by atoms with Crippen molar-refractivity contribution in [2.24, 2.45) is 16.7 Å². The minimum atomic E-state index is -2.35. The van der Waals surface area contributed by atoms with Crippen LogP contribution in [0.2, 0.25) is 0 Å². The number of carbonyl (C=O) groups excluding carboxylic acids is 5. The van der Waals surface area contributed by atoms with Gasteiger partial charge in [-0.1, -0.05) is 62.4 Å². The van der Waals surface area contributed by atoms with Crippen LogP contribution in [0.15, 0.2) is 71.8 Å². The highest BCUT2D eigenvalue weighted by Crippen LogP contribution is 2.64. The van der Waals surface area contributed by atoms with E-state index < -0.39 is 112 Å². The molecule has 1 amide bonds. The molecule has 15 nitrogen and oxygen atoms in total. The molecule has 11 atom stereocenters. The minimum Gasteiger partial charge on any atom is -0.456 e. The van der Waals surface area contributed by atoms with Crippen molar-refractivity contribution >= 4 is 29.8 Å². The van der Waals surface area contributed by atoms with Crippen molar-refractivity contribution in [1.29, 1.82) is 0 Å². The summed E-state index contributed by atoms with van der Waals surface area (Å²) in [5.41, 5.74) is -8.14. The summed E-state index contributed by atoms with van der Waals surface area (Å²) in [6, 6.07) is 14.6. The largest absolute Gasteiger partial charge is 0.456 e. The van der Waals surface area contributed by atoms with E-state index in [0.717, 1.165) is 6.92 Å². The van der Waals surface area contributed by atoms with Crippen molar-refractivity contribution in [2.75, 3.05) is 6.61 Å². The van der Waals surface area contributed by atoms with Crippen molar-refractivity contribution in [2.45, 2.75) is 128 Å². The van der Waals surface area contributed by atoms with Gasteiger partial charge in [0.25, 0.3) is 0 Å². The van der Waals surface area contributed by atoms with Crippen LogP contribution in [0.4, 0.5) is 4.79 Å². The fourth-order valence-electron chi connectivity index (χ4n) is 9.56. The molecule has 1 unspecified atom stereocenters. The number of aliphatic hydroxyl groups is 4. The number of ether oxygens (including phenoxy) is 5. The number of carbonyl (C=O) groups is 5. The Morgan fingerprint density at radius 1 is 0.948 bits per heavy atom. The lowest BCUT2D eigenvalue weighted by Gasteiger charge is -2.67. The smallest absolute Gasteiger partial charge is 0.408 e. The van der Waals surface area contributed by atoms with E-state index in [-0.39, 0.29) is 29.7 Å². The summed E-state index contributed by atoms with van der Waals surface area (Å²) in [5.74, 6) is -5.36. The fourth-order valence-corrected chi connectivity index (χ4v) is 9.56. The maximum absolute atomic E-state index is 14.9. The molecule has 6 rings (SSSR count). The molecule has 15 heteroatoms. The predicted octanol–water partition coefficient (Wildman–Crippen LogP) is 3.26. The number of fused-ring (bicyclic) bond motifs is 5. The first kappa shape index (κ1) is 42.9. The van der Waals surface area contributed by atoms with E-state index in [1.165, 1.54) is 26.0 Å². The van der Waals surface area contributed by atoms with Gasteiger partial charge in [0.05, 0.1) is 35.6 Å². The molecule has 5 N–H and O–H groups in total. The number of amides is 1. The topological polar surface area (TPSA) is 224 Å². The Kier molecular flexibility index (Phi) is 11.2. The van der Waals surface area contributed by atoms with Crippen LogP contribution in [0.1, 0.15) is 90.2 Å². The Hall–Kier alpha value is -4.67. The van der Waals surface area contributed by atoms with Crippen molar-refractivity contribution in [3.63, 3.8) is 0 Å². The molecule has 0 radical (unpaired) electrons. The van der Waals surface area contributed by atoms with Gasteiger partial charge in [-0.3, -0.25) is 9.59 Å². The summed E-state index contributed by atoms with van der Waals surface area (Å²) < 4.78 is 29.5. The van der Waals surface area contributed by atoms with Gasteiger partial charge in [-0.05, 0) is 63.5 Å². The van der Waals surface area contributed by atoms with E-state index in [0.29, 0.717) is 5.56 Å². The van der Waals surface area contributed by atoms with Crippen LogP contribution in [-0.2, 0) is 38.1 Å². The summed E-state index contributed by atoms with van der Waals surface area (Å²) >= 11 is 0. The second-order valence-corrected chi connectivity index (χ2v) is 17.6. The summed E-state index contributed by atoms with van der Waals surface area (Å²) in [4.78, 5) is 68.9. The third-order valence-corrected chi connectivity index (χ3v) is 12.6. The molecule has 3 aliphatic carbocycles. The Labute approximate surface area is 336 Å². The number of alkyl carbamates (subject to hydrolysis) is 1. The predicted molar refractivity (Wildman–Crippen MR) is 204 cm³/mol. The average molecular weight is 808 g/mol. The molecule has 1 saturated heterocycles. The lowest BCUT2D eigenvalue weighted by Crippen LogP contribution is -2.81. The van der Waals surface area contributed by atoms with Gasteiger partial charge in [0.2, 0.25) is 0 Å². The van der Waals surface area contributed by atoms with Crippen molar-refractivity contribution < 1.29 is 68.1 Å². The standard InChI is InChI=1S/C43H53NO14/c1-22-26(55-37(51)32(48)30(24-15-11-9-12-16-24)44-38(52)58-39(3,4)5)20-43(53)35(56-36(50)25-17-13-10-14-18-25)33-41(8,34(49)31(47)29(22)40(43,6)7)27(46)19-28-42(33,21-54-28)57-23(2)45/h9-18,26-28,30-33,35,46-48,53H,19-21H2,1-8H3,(H,44,52)/t26-,27-,28+,30+,31+,32-,33?,35-,41+,42-,43+/m0/s1. The van der Waals surface area contributed by atoms with Crippen LogP contribution in [0.5, 0.6) is 0 Å². The van der Waals surface area contributed by atoms with E-state index in [4.69, 9.17) is 23.7 Å². The number of aliphatic hydroxyl groups excluding tert-OH is 3. The van der Waals surface area contributed by atoms with Gasteiger partial charge >= 0.3 is 24.0 Å². The van der Waals surface area contributed by atoms with Crippen LogP contribution < -0.4 is 5.32 Å². The molecule has 2 aromatic rings. The van der Waals surface area contributed by atoms with Gasteiger partial charge in [0, 0.05) is 25.2 Å². The number of esters is 3. The molecule has 4 aliphatic rings. The highest BCUT2D eigenvalue weighted by Gasteiger charge is 2.78. The maximum Gasteiger partial charge on any atom is 0.408 e. The molecule has 0 spiro atoms. The van der Waals surface area contributed by atoms with E-state index in [9.17, 15) is 44.4 Å². The molecule has 1 aliphatic heterocycles. The summed E-state index contributed by atoms with van der Waals surface area (Å²) in [6.07, 6.45) is -11.5. The van der Waals surface area contributed by atoms with E-state index in [1.54, 1.807) is 83.1 Å². The summed E-state index contributed by atoms with van der Waals surface area (Å²) in [6.45, 7) is 11.8. The molecule has 0 aromatic heterocycles. The average Bonchev–Trinajstić information content (AvgIpc) is 3.14. The second-order valence-electron chi connectivity index (χ2n) is 17.6. The third-order valence-electron chi connectivity index (χ3n) is 12.6. The number of benzene rings is 2. The first-order chi connectivity index (χ1) is 27.0. The molecule has 58 heavy (non-hydrogen) atoms. The van der Waals surface area contributed by atoms with Crippen LogP contribution >= 0.6 is 0 Å². The summed E-state index contributed by atoms with van der Waals surface area (Å²) in [7, 11) is 0. The van der Waals surface area contributed by atoms with Gasteiger partial charge < -0.3 is 49.4 Å². The van der Waals surface area contributed by atoms with Crippen LogP contribution in [0, 0.1) is 16.7 Å². The summed E-state index contributed by atoms with van der Waals surface area (Å²) in [5, 5.41) is 51.6. The van der Waals surface area contributed by atoms with Gasteiger partial charge in [-0.25, -0.2) is 14.4 Å². The van der Waals surface area contributed by atoms with Crippen LogP contribution in [0.25, 0.3) is 0 Å². The Bertz CT molecular complexity index is 1980. The Morgan fingerprint density at radius 2 is 1.55 bits per heavy atom. The lowest BCUT2D eigenvalue weighted by atomic mass is 9.44. The number of Topliss-reactive ketones (excluding diaryl/α,β-unsaturated/α-hetero) is 1. The first-order valence-electron chi connectivity index (χ1n) is 19.3. The molecule has 314 valence electrons. The van der Waals surface area contributed by atoms with Gasteiger partial charge in [0.1, 0.15) is 35.6 Å². The van der Waals surface area contributed by atoms with Crippen molar-refractivity contribution in [1.82, 2.24) is 5.32 Å². The third kappa shape index (κ3) is 7.10. The molecule has 1 heterocycles. The SMILES string of the molecule is CC(=O)O[C@@]12CO[C@@H]1C[C@H](O)[C@@]1(C)C(=O)[C@H](O)C3=C(C)[C@@H](OC(=O)[C@@H](O)[C@H](NC(=O)OC(C)(C)C)c4ccccc4)C[C@@](O)([C@@H](OC(=O)c4ccccc4)C12)C3(C)C. The highest BCUT2D eigenvalue weighted by molar-refractivity contribution is 5.94. The number of nitrogens with one attached hydrogen (secondary N) is 1. The molecule has 3 fully saturated rings. The first-order valence-corrected chi connectivity index (χ1v) is 19.3. The molecular weight excluding hydrogens is 754 g/mol. The van der Waals surface area contributed by atoms with Crippen molar-refractivity contribution in [3.05, 3.63) is 82.9 Å². The Balaban J connectivity index is 1.49. The van der Waals surface area contributed by atoms with E-state index in [2.05, 4.69) is 5.32 Å². The lowest BCUT2D eigenvalue weighted by molar-refractivity contribution is -0.346. The molecular formula is C43H53NO14. The van der Waals surface area contributed by atoms with Crippen LogP contribution in [-0.4, -0.2) is 110 Å². The number of hydrogen-bond acceptors (Lipinski definition) is 14. The number of rotatable bonds is 8.